The van der Waals surface area contributed by atoms with Gasteiger partial charge in [-0.05, 0) is 43.5 Å². The van der Waals surface area contributed by atoms with E-state index in [1.807, 2.05) is 6.92 Å². The standard InChI is InChI=1S/C18H28O3/c1-5-7-8-15(6-2)13-21-14(3)18(19)16-9-11-17(20-4)12-10-16/h9-12,14-15H,5-8,13H2,1-4H3. The normalized spacial score (nSPS) is 13.7. The number of methoxy groups -OCH3 is 1. The number of benzene rings is 1. The van der Waals surface area contributed by atoms with E-state index in [4.69, 9.17) is 9.47 Å². The first-order valence-electron chi connectivity index (χ1n) is 7.92. The van der Waals surface area contributed by atoms with Gasteiger partial charge in [0.1, 0.15) is 11.9 Å². The Morgan fingerprint density at radius 2 is 1.86 bits per heavy atom. The first-order valence-corrected chi connectivity index (χ1v) is 7.92. The fraction of sp³-hybridized carbons (Fsp3) is 0.611. The predicted octanol–water partition coefficient (Wildman–Crippen LogP) is 4.50. The largest absolute Gasteiger partial charge is 0.497 e. The zero-order chi connectivity index (χ0) is 15.7. The molecule has 0 fully saturated rings. The third-order valence-electron chi connectivity index (χ3n) is 3.87. The molecule has 0 aromatic heterocycles. The van der Waals surface area contributed by atoms with Gasteiger partial charge in [0.05, 0.1) is 13.7 Å². The van der Waals surface area contributed by atoms with E-state index in [0.29, 0.717) is 18.1 Å². The van der Waals surface area contributed by atoms with Gasteiger partial charge in [0.15, 0.2) is 5.78 Å². The highest BCUT2D eigenvalue weighted by atomic mass is 16.5. The molecule has 1 aromatic rings. The highest BCUT2D eigenvalue weighted by Gasteiger charge is 2.17. The molecule has 0 N–H and O–H groups in total. The minimum atomic E-state index is -0.394. The Balaban J connectivity index is 2.49. The van der Waals surface area contributed by atoms with Crippen molar-refractivity contribution in [2.24, 2.45) is 5.92 Å². The molecule has 0 spiro atoms. The summed E-state index contributed by atoms with van der Waals surface area (Å²) in [4.78, 5) is 12.3. The molecular formula is C18H28O3. The average Bonchev–Trinajstić information content (AvgIpc) is 2.54. The molecule has 1 rings (SSSR count). The number of hydrogen-bond acceptors (Lipinski definition) is 3. The van der Waals surface area contributed by atoms with E-state index in [2.05, 4.69) is 13.8 Å². The van der Waals surface area contributed by atoms with Crippen LogP contribution < -0.4 is 4.74 Å². The highest BCUT2D eigenvalue weighted by molar-refractivity contribution is 5.99. The number of ketones is 1. The Hall–Kier alpha value is -1.35. The van der Waals surface area contributed by atoms with Crippen molar-refractivity contribution in [1.29, 1.82) is 0 Å². The molecule has 21 heavy (non-hydrogen) atoms. The molecule has 0 bridgehead atoms. The van der Waals surface area contributed by atoms with Crippen LogP contribution in [0, 0.1) is 5.92 Å². The van der Waals surface area contributed by atoms with Crippen molar-refractivity contribution in [3.8, 4) is 5.75 Å². The zero-order valence-electron chi connectivity index (χ0n) is 13.7. The van der Waals surface area contributed by atoms with Crippen LogP contribution in [0.3, 0.4) is 0 Å². The van der Waals surface area contributed by atoms with Crippen molar-refractivity contribution < 1.29 is 14.3 Å². The van der Waals surface area contributed by atoms with Crippen LogP contribution in [0.15, 0.2) is 24.3 Å². The molecular weight excluding hydrogens is 264 g/mol. The summed E-state index contributed by atoms with van der Waals surface area (Å²) in [6.07, 6.45) is 4.31. The van der Waals surface area contributed by atoms with Crippen molar-refractivity contribution in [3.63, 3.8) is 0 Å². The number of carbonyl (C=O) groups excluding carboxylic acids is 1. The van der Waals surface area contributed by atoms with E-state index in [9.17, 15) is 4.79 Å². The number of unbranched alkanes of at least 4 members (excludes halogenated alkanes) is 1. The highest BCUT2D eigenvalue weighted by Crippen LogP contribution is 2.16. The Labute approximate surface area is 128 Å². The van der Waals surface area contributed by atoms with Crippen LogP contribution in [-0.2, 0) is 4.74 Å². The summed E-state index contributed by atoms with van der Waals surface area (Å²) < 4.78 is 10.9. The van der Waals surface area contributed by atoms with E-state index in [1.54, 1.807) is 31.4 Å². The third kappa shape index (κ3) is 5.88. The minimum absolute atomic E-state index is 0.0306. The van der Waals surface area contributed by atoms with Crippen LogP contribution in [0.25, 0.3) is 0 Å². The second kappa shape index (κ2) is 9.56. The fourth-order valence-corrected chi connectivity index (χ4v) is 2.24. The fourth-order valence-electron chi connectivity index (χ4n) is 2.24. The van der Waals surface area contributed by atoms with Gasteiger partial charge in [-0.3, -0.25) is 4.79 Å². The van der Waals surface area contributed by atoms with Crippen molar-refractivity contribution in [3.05, 3.63) is 29.8 Å². The lowest BCUT2D eigenvalue weighted by molar-refractivity contribution is 0.0321. The molecule has 0 heterocycles. The monoisotopic (exact) mass is 292 g/mol. The van der Waals surface area contributed by atoms with Gasteiger partial charge in [-0.1, -0.05) is 33.1 Å². The smallest absolute Gasteiger partial charge is 0.191 e. The third-order valence-corrected chi connectivity index (χ3v) is 3.87. The van der Waals surface area contributed by atoms with E-state index < -0.39 is 6.10 Å². The second-order valence-electron chi connectivity index (χ2n) is 5.48. The van der Waals surface area contributed by atoms with Gasteiger partial charge in [0, 0.05) is 5.56 Å². The summed E-state index contributed by atoms with van der Waals surface area (Å²) in [5, 5.41) is 0. The van der Waals surface area contributed by atoms with E-state index in [-0.39, 0.29) is 5.78 Å². The Kier molecular flexibility index (Phi) is 8.06. The van der Waals surface area contributed by atoms with Crippen LogP contribution in [-0.4, -0.2) is 25.6 Å². The summed E-state index contributed by atoms with van der Waals surface area (Å²) in [5.74, 6) is 1.34. The van der Waals surface area contributed by atoms with Crippen molar-refractivity contribution in [1.82, 2.24) is 0 Å². The molecule has 3 heteroatoms. The number of rotatable bonds is 10. The van der Waals surface area contributed by atoms with Crippen molar-refractivity contribution in [2.45, 2.75) is 52.6 Å². The van der Waals surface area contributed by atoms with Crippen molar-refractivity contribution >= 4 is 5.78 Å². The Morgan fingerprint density at radius 3 is 2.38 bits per heavy atom. The number of ether oxygens (including phenoxy) is 2. The zero-order valence-corrected chi connectivity index (χ0v) is 13.7. The van der Waals surface area contributed by atoms with Crippen LogP contribution in [0.4, 0.5) is 0 Å². The summed E-state index contributed by atoms with van der Waals surface area (Å²) in [5.41, 5.74) is 0.671. The lowest BCUT2D eigenvalue weighted by atomic mass is 10.0. The predicted molar refractivity (Wildman–Crippen MR) is 86.0 cm³/mol. The van der Waals surface area contributed by atoms with Crippen LogP contribution >= 0.6 is 0 Å². The van der Waals surface area contributed by atoms with Gasteiger partial charge in [0.2, 0.25) is 0 Å². The first-order chi connectivity index (χ1) is 10.1. The van der Waals surface area contributed by atoms with Gasteiger partial charge < -0.3 is 9.47 Å². The number of Topliss-reactive ketones (excluding diaryl/α,β-unsaturated/α-hetero) is 1. The molecule has 0 aliphatic rings. The Morgan fingerprint density at radius 1 is 1.19 bits per heavy atom. The maximum absolute atomic E-state index is 12.3. The van der Waals surface area contributed by atoms with Gasteiger partial charge in [-0.15, -0.1) is 0 Å². The Bertz CT molecular complexity index is 411. The molecule has 0 amide bonds. The second-order valence-corrected chi connectivity index (χ2v) is 5.48. The van der Waals surface area contributed by atoms with Gasteiger partial charge >= 0.3 is 0 Å². The topological polar surface area (TPSA) is 35.5 Å². The molecule has 0 aliphatic heterocycles. The van der Waals surface area contributed by atoms with E-state index >= 15 is 0 Å². The van der Waals surface area contributed by atoms with E-state index in [1.165, 1.54) is 19.3 Å². The molecule has 0 radical (unpaired) electrons. The minimum Gasteiger partial charge on any atom is -0.497 e. The lowest BCUT2D eigenvalue weighted by Gasteiger charge is -2.18. The number of carbonyl (C=O) groups is 1. The molecule has 2 unspecified atom stereocenters. The molecule has 118 valence electrons. The van der Waals surface area contributed by atoms with Gasteiger partial charge in [0.25, 0.3) is 0 Å². The molecule has 2 atom stereocenters. The summed E-state index contributed by atoms with van der Waals surface area (Å²) in [7, 11) is 1.61. The maximum Gasteiger partial charge on any atom is 0.191 e. The summed E-state index contributed by atoms with van der Waals surface area (Å²) in [6, 6.07) is 7.18. The van der Waals surface area contributed by atoms with E-state index in [0.717, 1.165) is 12.2 Å². The van der Waals surface area contributed by atoms with Crippen LogP contribution in [0.2, 0.25) is 0 Å². The van der Waals surface area contributed by atoms with Gasteiger partial charge in [-0.2, -0.15) is 0 Å². The number of hydrogen-bond donors (Lipinski definition) is 0. The molecule has 3 nitrogen and oxygen atoms in total. The summed E-state index contributed by atoms with van der Waals surface area (Å²) >= 11 is 0. The summed E-state index contributed by atoms with van der Waals surface area (Å²) in [6.45, 7) is 6.88. The average molecular weight is 292 g/mol. The molecule has 0 aliphatic carbocycles. The quantitative estimate of drug-likeness (QED) is 0.596. The van der Waals surface area contributed by atoms with Crippen LogP contribution in [0.5, 0.6) is 5.75 Å². The SMILES string of the molecule is CCCCC(CC)COC(C)C(=O)c1ccc(OC)cc1. The maximum atomic E-state index is 12.3. The first kappa shape index (κ1) is 17.7. The van der Waals surface area contributed by atoms with Gasteiger partial charge in [-0.25, -0.2) is 0 Å². The van der Waals surface area contributed by atoms with Crippen molar-refractivity contribution in [2.75, 3.05) is 13.7 Å². The van der Waals surface area contributed by atoms with Crippen LogP contribution in [0.1, 0.15) is 56.8 Å². The molecule has 1 aromatic carbocycles. The lowest BCUT2D eigenvalue weighted by Crippen LogP contribution is -2.24. The molecule has 0 saturated heterocycles. The molecule has 0 saturated carbocycles.